The number of hydrogen-bond acceptors (Lipinski definition) is 2. The molecule has 0 saturated heterocycles. The number of hydrogen-bond donors (Lipinski definition) is 1. The Morgan fingerprint density at radius 3 is 2.65 bits per heavy atom. The first-order valence-corrected chi connectivity index (χ1v) is 5.83. The Bertz CT molecular complexity index is 416. The van der Waals surface area contributed by atoms with E-state index < -0.39 is 0 Å². The summed E-state index contributed by atoms with van der Waals surface area (Å²) in [5.41, 5.74) is 0.753. The largest absolute Gasteiger partial charge is 0.496 e. The van der Waals surface area contributed by atoms with E-state index in [1.807, 2.05) is 26.0 Å². The van der Waals surface area contributed by atoms with Gasteiger partial charge in [0.1, 0.15) is 5.75 Å². The van der Waals surface area contributed by atoms with Gasteiger partial charge in [0.15, 0.2) is 0 Å². The third-order valence-electron chi connectivity index (χ3n) is 2.67. The van der Waals surface area contributed by atoms with Gasteiger partial charge in [-0.3, -0.25) is 4.79 Å². The molecular weight excluding hydrogens is 238 g/mol. The summed E-state index contributed by atoms with van der Waals surface area (Å²) in [4.78, 5) is 11.0. The molecule has 3 nitrogen and oxygen atoms in total. The Morgan fingerprint density at radius 2 is 2.12 bits per heavy atom. The van der Waals surface area contributed by atoms with Crippen molar-refractivity contribution in [1.82, 2.24) is 5.32 Å². The van der Waals surface area contributed by atoms with Crippen LogP contribution in [0.4, 0.5) is 0 Å². The van der Waals surface area contributed by atoms with Gasteiger partial charge < -0.3 is 10.1 Å². The quantitative estimate of drug-likeness (QED) is 0.899. The Morgan fingerprint density at radius 1 is 1.47 bits per heavy atom. The molecule has 4 heteroatoms. The van der Waals surface area contributed by atoms with Crippen molar-refractivity contribution in [3.05, 3.63) is 28.8 Å². The van der Waals surface area contributed by atoms with Gasteiger partial charge in [-0.1, -0.05) is 25.4 Å². The third-order valence-corrected chi connectivity index (χ3v) is 2.91. The second-order valence-electron chi connectivity index (χ2n) is 4.64. The number of rotatable bonds is 4. The normalized spacial score (nSPS) is 11.1. The Labute approximate surface area is 107 Å². The van der Waals surface area contributed by atoms with E-state index in [4.69, 9.17) is 16.3 Å². The molecule has 0 aliphatic heterocycles. The fourth-order valence-corrected chi connectivity index (χ4v) is 1.82. The Hall–Kier alpha value is -1.22. The lowest BCUT2D eigenvalue weighted by molar-refractivity contribution is -0.119. The van der Waals surface area contributed by atoms with Crippen LogP contribution in [-0.2, 0) is 10.2 Å². The van der Waals surface area contributed by atoms with Crippen LogP contribution < -0.4 is 10.1 Å². The number of halogens is 1. The molecule has 0 heterocycles. The summed E-state index contributed by atoms with van der Waals surface area (Å²) >= 11 is 6.00. The van der Waals surface area contributed by atoms with Gasteiger partial charge in [0.25, 0.3) is 0 Å². The van der Waals surface area contributed by atoms with Crippen LogP contribution in [0, 0.1) is 0 Å². The minimum atomic E-state index is -0.234. The molecule has 0 unspecified atom stereocenters. The molecule has 0 saturated carbocycles. The average Bonchev–Trinajstić information content (AvgIpc) is 2.26. The number of methoxy groups -OCH3 is 1. The zero-order valence-corrected chi connectivity index (χ0v) is 11.4. The predicted octanol–water partition coefficient (Wildman–Crippen LogP) is 2.76. The van der Waals surface area contributed by atoms with Crippen molar-refractivity contribution in [2.45, 2.75) is 26.2 Å². The molecule has 0 aliphatic carbocycles. The fourth-order valence-electron chi connectivity index (χ4n) is 1.65. The van der Waals surface area contributed by atoms with E-state index in [-0.39, 0.29) is 11.3 Å². The maximum absolute atomic E-state index is 11.0. The minimum absolute atomic E-state index is 0.0425. The molecule has 1 aromatic rings. The van der Waals surface area contributed by atoms with E-state index in [1.54, 1.807) is 13.2 Å². The van der Waals surface area contributed by atoms with Crippen LogP contribution in [0.5, 0.6) is 5.75 Å². The first kappa shape index (κ1) is 13.8. The molecule has 94 valence electrons. The standard InChI is InChI=1S/C13H18ClNO2/c1-9(16)15-8-13(2,3)11-7-10(14)5-6-12(11)17-4/h5-7H,8H2,1-4H3,(H,15,16). The van der Waals surface area contributed by atoms with Gasteiger partial charge in [0, 0.05) is 29.5 Å². The monoisotopic (exact) mass is 255 g/mol. The molecule has 17 heavy (non-hydrogen) atoms. The van der Waals surface area contributed by atoms with Gasteiger partial charge >= 0.3 is 0 Å². The van der Waals surface area contributed by atoms with Crippen LogP contribution in [0.3, 0.4) is 0 Å². The van der Waals surface area contributed by atoms with Gasteiger partial charge in [-0.2, -0.15) is 0 Å². The molecule has 1 rings (SSSR count). The zero-order chi connectivity index (χ0) is 13.1. The number of ether oxygens (including phenoxy) is 1. The van der Waals surface area contributed by atoms with E-state index in [9.17, 15) is 4.79 Å². The molecular formula is C13H18ClNO2. The van der Waals surface area contributed by atoms with Crippen LogP contribution in [0.2, 0.25) is 5.02 Å². The topological polar surface area (TPSA) is 38.3 Å². The van der Waals surface area contributed by atoms with Crippen LogP contribution in [0.25, 0.3) is 0 Å². The van der Waals surface area contributed by atoms with Crippen molar-refractivity contribution < 1.29 is 9.53 Å². The molecule has 1 aromatic carbocycles. The number of carbonyl (C=O) groups is 1. The highest BCUT2D eigenvalue weighted by atomic mass is 35.5. The van der Waals surface area contributed by atoms with Gasteiger partial charge in [0.05, 0.1) is 7.11 Å². The van der Waals surface area contributed by atoms with Crippen molar-refractivity contribution in [3.63, 3.8) is 0 Å². The maximum Gasteiger partial charge on any atom is 0.216 e. The average molecular weight is 256 g/mol. The van der Waals surface area contributed by atoms with Gasteiger partial charge in [-0.15, -0.1) is 0 Å². The van der Waals surface area contributed by atoms with E-state index in [0.29, 0.717) is 11.6 Å². The molecule has 0 bridgehead atoms. The van der Waals surface area contributed by atoms with E-state index in [2.05, 4.69) is 5.32 Å². The van der Waals surface area contributed by atoms with Gasteiger partial charge in [-0.05, 0) is 18.2 Å². The van der Waals surface area contributed by atoms with Crippen LogP contribution >= 0.6 is 11.6 Å². The van der Waals surface area contributed by atoms with E-state index in [1.165, 1.54) is 6.92 Å². The highest BCUT2D eigenvalue weighted by Crippen LogP contribution is 2.33. The Kier molecular flexibility index (Phi) is 4.40. The minimum Gasteiger partial charge on any atom is -0.496 e. The van der Waals surface area contributed by atoms with Crippen molar-refractivity contribution >= 4 is 17.5 Å². The number of nitrogens with one attached hydrogen (secondary N) is 1. The highest BCUT2D eigenvalue weighted by Gasteiger charge is 2.25. The lowest BCUT2D eigenvalue weighted by Crippen LogP contribution is -2.35. The first-order valence-electron chi connectivity index (χ1n) is 5.45. The summed E-state index contributed by atoms with van der Waals surface area (Å²) in [5, 5.41) is 3.48. The first-order chi connectivity index (χ1) is 7.86. The highest BCUT2D eigenvalue weighted by molar-refractivity contribution is 6.30. The van der Waals surface area contributed by atoms with Crippen molar-refractivity contribution in [3.8, 4) is 5.75 Å². The van der Waals surface area contributed by atoms with Crippen molar-refractivity contribution in [1.29, 1.82) is 0 Å². The second-order valence-corrected chi connectivity index (χ2v) is 5.07. The number of amides is 1. The fraction of sp³-hybridized carbons (Fsp3) is 0.462. The summed E-state index contributed by atoms with van der Waals surface area (Å²) in [6.07, 6.45) is 0. The van der Waals surface area contributed by atoms with Crippen molar-refractivity contribution in [2.24, 2.45) is 0 Å². The summed E-state index contributed by atoms with van der Waals surface area (Å²) in [6.45, 7) is 6.12. The SMILES string of the molecule is COc1ccc(Cl)cc1C(C)(C)CNC(C)=O. The molecule has 1 N–H and O–H groups in total. The van der Waals surface area contributed by atoms with Crippen LogP contribution in [0.15, 0.2) is 18.2 Å². The lowest BCUT2D eigenvalue weighted by Gasteiger charge is -2.27. The van der Waals surface area contributed by atoms with Crippen LogP contribution in [-0.4, -0.2) is 19.6 Å². The summed E-state index contributed by atoms with van der Waals surface area (Å²) in [6, 6.07) is 5.51. The molecule has 0 radical (unpaired) electrons. The third kappa shape index (κ3) is 3.63. The molecule has 0 aromatic heterocycles. The van der Waals surface area contributed by atoms with E-state index in [0.717, 1.165) is 11.3 Å². The molecule has 0 atom stereocenters. The van der Waals surface area contributed by atoms with Gasteiger partial charge in [-0.25, -0.2) is 0 Å². The maximum atomic E-state index is 11.0. The molecule has 0 aliphatic rings. The smallest absolute Gasteiger partial charge is 0.216 e. The molecule has 0 spiro atoms. The number of carbonyl (C=O) groups excluding carboxylic acids is 1. The zero-order valence-electron chi connectivity index (χ0n) is 10.6. The number of benzene rings is 1. The molecule has 1 amide bonds. The summed E-state index contributed by atoms with van der Waals surface area (Å²) in [5.74, 6) is 0.740. The van der Waals surface area contributed by atoms with Crippen molar-refractivity contribution in [2.75, 3.05) is 13.7 Å². The van der Waals surface area contributed by atoms with E-state index >= 15 is 0 Å². The summed E-state index contributed by atoms with van der Waals surface area (Å²) < 4.78 is 5.32. The summed E-state index contributed by atoms with van der Waals surface area (Å²) in [7, 11) is 1.63. The Balaban J connectivity index is 3.03. The van der Waals surface area contributed by atoms with Gasteiger partial charge in [0.2, 0.25) is 5.91 Å². The molecule has 0 fully saturated rings. The lowest BCUT2D eigenvalue weighted by atomic mass is 9.84. The predicted molar refractivity (Wildman–Crippen MR) is 69.7 cm³/mol. The van der Waals surface area contributed by atoms with Crippen LogP contribution in [0.1, 0.15) is 26.3 Å². The second kappa shape index (κ2) is 5.41.